The summed E-state index contributed by atoms with van der Waals surface area (Å²) in [6.45, 7) is 13.4. The van der Waals surface area contributed by atoms with Crippen molar-refractivity contribution in [2.24, 2.45) is 4.99 Å². The van der Waals surface area contributed by atoms with Gasteiger partial charge in [0.15, 0.2) is 5.96 Å². The Bertz CT molecular complexity index is 337. The highest BCUT2D eigenvalue weighted by Crippen LogP contribution is 2.06. The van der Waals surface area contributed by atoms with Gasteiger partial charge in [-0.3, -0.25) is 4.99 Å². The van der Waals surface area contributed by atoms with Gasteiger partial charge in [-0.2, -0.15) is 0 Å². The van der Waals surface area contributed by atoms with Gasteiger partial charge in [-0.25, -0.2) is 0 Å². The molecule has 0 radical (unpaired) electrons. The van der Waals surface area contributed by atoms with Gasteiger partial charge in [0.05, 0.1) is 0 Å². The molecule has 0 amide bonds. The van der Waals surface area contributed by atoms with E-state index in [9.17, 15) is 0 Å². The number of nitrogens with one attached hydrogen (secondary N) is 2. The van der Waals surface area contributed by atoms with Crippen LogP contribution in [0.3, 0.4) is 0 Å². The molecule has 26 heavy (non-hydrogen) atoms. The monoisotopic (exact) mass is 367 g/mol. The molecule has 1 fully saturated rings. The van der Waals surface area contributed by atoms with E-state index >= 15 is 0 Å². The maximum atomic E-state index is 4.72. The molecular formula is C21H45N5. The topological polar surface area (TPSA) is 42.9 Å². The summed E-state index contributed by atoms with van der Waals surface area (Å²) in [4.78, 5) is 9.74. The van der Waals surface area contributed by atoms with Gasteiger partial charge in [0, 0.05) is 45.8 Å². The van der Waals surface area contributed by atoms with Crippen molar-refractivity contribution in [3.8, 4) is 0 Å². The first-order chi connectivity index (χ1) is 12.8. The van der Waals surface area contributed by atoms with Crippen LogP contribution < -0.4 is 10.6 Å². The van der Waals surface area contributed by atoms with E-state index in [-0.39, 0.29) is 0 Å². The molecule has 0 bridgehead atoms. The molecule has 1 aliphatic rings. The van der Waals surface area contributed by atoms with Crippen molar-refractivity contribution >= 4 is 5.96 Å². The number of hydrogen-bond acceptors (Lipinski definition) is 3. The highest BCUT2D eigenvalue weighted by molar-refractivity contribution is 5.79. The number of rotatable bonds is 14. The fourth-order valence-electron chi connectivity index (χ4n) is 3.34. The number of unbranched alkanes of at least 4 members (excludes halogenated alkanes) is 7. The molecule has 0 aromatic carbocycles. The lowest BCUT2D eigenvalue weighted by atomic mass is 10.1. The van der Waals surface area contributed by atoms with Crippen LogP contribution >= 0.6 is 0 Å². The predicted molar refractivity (Wildman–Crippen MR) is 115 cm³/mol. The van der Waals surface area contributed by atoms with Crippen LogP contribution in [0.1, 0.15) is 71.6 Å². The molecular weight excluding hydrogens is 322 g/mol. The summed E-state index contributed by atoms with van der Waals surface area (Å²) < 4.78 is 0. The molecule has 2 N–H and O–H groups in total. The van der Waals surface area contributed by atoms with Crippen LogP contribution in [0, 0.1) is 0 Å². The van der Waals surface area contributed by atoms with Crippen molar-refractivity contribution in [2.45, 2.75) is 71.6 Å². The minimum atomic E-state index is 0.935. The Labute approximate surface area is 163 Å². The number of aliphatic imine (C=N–C) groups is 1. The standard InChI is InChI=1S/C21H45N5/c1-4-6-7-8-9-10-11-14-23-21(22-5-2)24-15-12-13-16-26-19-17-25(3)18-20-26/h4-20H2,1-3H3,(H2,22,23,24). The average Bonchev–Trinajstić information content (AvgIpc) is 2.65. The van der Waals surface area contributed by atoms with Crippen LogP contribution in [0.2, 0.25) is 0 Å². The molecule has 0 saturated carbocycles. The molecule has 1 heterocycles. The molecule has 0 unspecified atom stereocenters. The van der Waals surface area contributed by atoms with Gasteiger partial charge >= 0.3 is 0 Å². The van der Waals surface area contributed by atoms with Crippen molar-refractivity contribution in [3.63, 3.8) is 0 Å². The molecule has 1 aliphatic heterocycles. The molecule has 1 saturated heterocycles. The second kappa shape index (κ2) is 16.4. The van der Waals surface area contributed by atoms with Crippen LogP contribution in [0.15, 0.2) is 4.99 Å². The summed E-state index contributed by atoms with van der Waals surface area (Å²) in [5.74, 6) is 0.998. The maximum Gasteiger partial charge on any atom is 0.191 e. The first-order valence-electron chi connectivity index (χ1n) is 11.2. The first kappa shape index (κ1) is 23.2. The van der Waals surface area contributed by atoms with Crippen molar-refractivity contribution in [1.29, 1.82) is 0 Å². The fourth-order valence-corrected chi connectivity index (χ4v) is 3.34. The van der Waals surface area contributed by atoms with Crippen LogP contribution in [0.5, 0.6) is 0 Å². The maximum absolute atomic E-state index is 4.72. The van der Waals surface area contributed by atoms with Crippen molar-refractivity contribution in [2.75, 3.05) is 59.4 Å². The van der Waals surface area contributed by atoms with Crippen molar-refractivity contribution in [3.05, 3.63) is 0 Å². The van der Waals surface area contributed by atoms with Gasteiger partial charge in [-0.15, -0.1) is 0 Å². The van der Waals surface area contributed by atoms with E-state index in [0.29, 0.717) is 0 Å². The Morgan fingerprint density at radius 1 is 0.808 bits per heavy atom. The zero-order valence-electron chi connectivity index (χ0n) is 17.9. The van der Waals surface area contributed by atoms with Crippen LogP contribution in [0.25, 0.3) is 0 Å². The third-order valence-corrected chi connectivity index (χ3v) is 5.17. The normalized spacial score (nSPS) is 16.8. The van der Waals surface area contributed by atoms with E-state index in [4.69, 9.17) is 4.99 Å². The molecule has 5 nitrogen and oxygen atoms in total. The zero-order valence-corrected chi connectivity index (χ0v) is 17.9. The number of piperazine rings is 1. The van der Waals surface area contributed by atoms with Gasteiger partial charge in [0.1, 0.15) is 0 Å². The Kier molecular flexibility index (Phi) is 14.6. The number of nitrogens with zero attached hydrogens (tertiary/aromatic N) is 3. The number of guanidine groups is 1. The number of likely N-dealkylation sites (N-methyl/N-ethyl adjacent to an activating group) is 1. The van der Waals surface area contributed by atoms with Crippen molar-refractivity contribution < 1.29 is 0 Å². The molecule has 0 aromatic heterocycles. The third kappa shape index (κ3) is 12.5. The summed E-state index contributed by atoms with van der Waals surface area (Å²) in [6.07, 6.45) is 11.9. The van der Waals surface area contributed by atoms with E-state index in [1.165, 1.54) is 90.5 Å². The minimum absolute atomic E-state index is 0.935. The van der Waals surface area contributed by atoms with E-state index in [0.717, 1.165) is 25.6 Å². The molecule has 154 valence electrons. The summed E-state index contributed by atoms with van der Waals surface area (Å²) in [6, 6.07) is 0. The summed E-state index contributed by atoms with van der Waals surface area (Å²) in [7, 11) is 2.22. The fraction of sp³-hybridized carbons (Fsp3) is 0.952. The van der Waals surface area contributed by atoms with Gasteiger partial charge in [-0.1, -0.05) is 45.4 Å². The molecule has 0 aliphatic carbocycles. The Morgan fingerprint density at radius 3 is 2.19 bits per heavy atom. The summed E-state index contributed by atoms with van der Waals surface area (Å²) >= 11 is 0. The lowest BCUT2D eigenvalue weighted by Crippen LogP contribution is -2.44. The third-order valence-electron chi connectivity index (χ3n) is 5.17. The van der Waals surface area contributed by atoms with E-state index in [2.05, 4.69) is 41.3 Å². The highest BCUT2D eigenvalue weighted by Gasteiger charge is 2.12. The lowest BCUT2D eigenvalue weighted by Gasteiger charge is -2.32. The van der Waals surface area contributed by atoms with Crippen molar-refractivity contribution in [1.82, 2.24) is 20.4 Å². The Hall–Kier alpha value is -0.810. The van der Waals surface area contributed by atoms with Gasteiger partial charge in [-0.05, 0) is 39.8 Å². The van der Waals surface area contributed by atoms with E-state index < -0.39 is 0 Å². The zero-order chi connectivity index (χ0) is 18.9. The second-order valence-corrected chi connectivity index (χ2v) is 7.66. The van der Waals surface area contributed by atoms with Crippen LogP contribution in [-0.4, -0.2) is 75.2 Å². The predicted octanol–water partition coefficient (Wildman–Crippen LogP) is 3.32. The SMILES string of the molecule is CCCCCCCCCN=C(NCC)NCCCCN1CCN(C)CC1. The number of hydrogen-bond donors (Lipinski definition) is 2. The average molecular weight is 368 g/mol. The molecule has 0 atom stereocenters. The minimum Gasteiger partial charge on any atom is -0.357 e. The van der Waals surface area contributed by atoms with Crippen LogP contribution in [-0.2, 0) is 0 Å². The Morgan fingerprint density at radius 2 is 1.50 bits per heavy atom. The first-order valence-corrected chi connectivity index (χ1v) is 11.2. The lowest BCUT2D eigenvalue weighted by molar-refractivity contribution is 0.152. The summed E-state index contributed by atoms with van der Waals surface area (Å²) in [5.41, 5.74) is 0. The quantitative estimate of drug-likeness (QED) is 0.281. The van der Waals surface area contributed by atoms with Gasteiger partial charge < -0.3 is 20.4 Å². The highest BCUT2D eigenvalue weighted by atomic mass is 15.2. The molecule has 0 aromatic rings. The van der Waals surface area contributed by atoms with Gasteiger partial charge in [0.2, 0.25) is 0 Å². The van der Waals surface area contributed by atoms with Crippen LogP contribution in [0.4, 0.5) is 0 Å². The smallest absolute Gasteiger partial charge is 0.191 e. The largest absolute Gasteiger partial charge is 0.357 e. The van der Waals surface area contributed by atoms with E-state index in [1.807, 2.05) is 0 Å². The molecule has 0 spiro atoms. The molecule has 1 rings (SSSR count). The van der Waals surface area contributed by atoms with E-state index in [1.54, 1.807) is 0 Å². The summed E-state index contributed by atoms with van der Waals surface area (Å²) in [5, 5.41) is 6.87. The van der Waals surface area contributed by atoms with Gasteiger partial charge in [0.25, 0.3) is 0 Å². The molecule has 5 heteroatoms. The Balaban J connectivity index is 2.02. The second-order valence-electron chi connectivity index (χ2n) is 7.66.